The van der Waals surface area contributed by atoms with Gasteiger partial charge in [-0.15, -0.1) is 0 Å². The molecular formula is C15H24N2O4. The highest BCUT2D eigenvalue weighted by atomic mass is 16.5. The Balaban J connectivity index is 2.65. The van der Waals surface area contributed by atoms with E-state index < -0.39 is 11.5 Å². The number of ether oxygens (including phenoxy) is 1. The third kappa shape index (κ3) is 4.88. The summed E-state index contributed by atoms with van der Waals surface area (Å²) in [5.41, 5.74) is 1.10. The Morgan fingerprint density at radius 1 is 1.52 bits per heavy atom. The Bertz CT molecular complexity index is 466. The number of oxime groups is 1. The molecule has 1 unspecified atom stereocenters. The summed E-state index contributed by atoms with van der Waals surface area (Å²) < 4.78 is 4.76. The molecule has 6 heteroatoms. The summed E-state index contributed by atoms with van der Waals surface area (Å²) in [5, 5.41) is 15.2. The van der Waals surface area contributed by atoms with Crippen molar-refractivity contribution < 1.29 is 19.5 Å². The van der Waals surface area contributed by atoms with Crippen molar-refractivity contribution in [3.05, 3.63) is 11.6 Å². The first-order valence-electron chi connectivity index (χ1n) is 7.14. The highest BCUT2D eigenvalue weighted by molar-refractivity contribution is 6.00. The second-order valence-electron chi connectivity index (χ2n) is 5.82. The molecule has 1 rings (SSSR count). The van der Waals surface area contributed by atoms with E-state index in [4.69, 9.17) is 9.94 Å². The van der Waals surface area contributed by atoms with Gasteiger partial charge < -0.3 is 15.3 Å². The van der Waals surface area contributed by atoms with Gasteiger partial charge >= 0.3 is 5.97 Å². The molecule has 1 aliphatic carbocycles. The average Bonchev–Trinajstić information content (AvgIpc) is 2.38. The summed E-state index contributed by atoms with van der Waals surface area (Å²) in [6.07, 6.45) is 3.10. The maximum absolute atomic E-state index is 11.9. The highest BCUT2D eigenvalue weighted by Gasteiger charge is 2.34. The van der Waals surface area contributed by atoms with Crippen LogP contribution in [0.5, 0.6) is 0 Å². The lowest BCUT2D eigenvalue weighted by Crippen LogP contribution is -2.50. The zero-order chi connectivity index (χ0) is 16.0. The molecule has 0 aliphatic heterocycles. The smallest absolute Gasteiger partial charge is 0.315 e. The molecule has 1 amide bonds. The molecule has 2 N–H and O–H groups in total. The quantitative estimate of drug-likeness (QED) is 0.351. The topological polar surface area (TPSA) is 88.0 Å². The van der Waals surface area contributed by atoms with E-state index in [0.717, 1.165) is 12.0 Å². The van der Waals surface area contributed by atoms with Crippen molar-refractivity contribution in [2.24, 2.45) is 11.1 Å². The van der Waals surface area contributed by atoms with Crippen molar-refractivity contribution in [1.82, 2.24) is 5.32 Å². The molecule has 1 atom stereocenters. The van der Waals surface area contributed by atoms with E-state index in [0.29, 0.717) is 12.1 Å². The summed E-state index contributed by atoms with van der Waals surface area (Å²) in [7, 11) is 0. The van der Waals surface area contributed by atoms with Crippen LogP contribution in [0.4, 0.5) is 0 Å². The van der Waals surface area contributed by atoms with Gasteiger partial charge in [-0.1, -0.05) is 11.2 Å². The van der Waals surface area contributed by atoms with Gasteiger partial charge in [-0.3, -0.25) is 9.59 Å². The molecule has 6 nitrogen and oxygen atoms in total. The molecule has 1 aliphatic rings. The van der Waals surface area contributed by atoms with Gasteiger partial charge in [0.2, 0.25) is 5.91 Å². The van der Waals surface area contributed by atoms with Crippen LogP contribution in [0.15, 0.2) is 16.8 Å². The van der Waals surface area contributed by atoms with Crippen LogP contribution in [0.1, 0.15) is 47.0 Å². The summed E-state index contributed by atoms with van der Waals surface area (Å²) in [5.74, 6) is -0.770. The first kappa shape index (κ1) is 17.2. The van der Waals surface area contributed by atoms with E-state index in [2.05, 4.69) is 10.5 Å². The number of carbonyl (C=O) groups is 2. The van der Waals surface area contributed by atoms with E-state index in [1.54, 1.807) is 6.92 Å². The zero-order valence-corrected chi connectivity index (χ0v) is 13.1. The monoisotopic (exact) mass is 296 g/mol. The lowest BCUT2D eigenvalue weighted by Gasteiger charge is -2.37. The van der Waals surface area contributed by atoms with E-state index >= 15 is 0 Å². The summed E-state index contributed by atoms with van der Waals surface area (Å²) in [6.45, 7) is 7.68. The lowest BCUT2D eigenvalue weighted by atomic mass is 9.76. The van der Waals surface area contributed by atoms with Crippen molar-refractivity contribution in [2.45, 2.75) is 52.5 Å². The fraction of sp³-hybridized carbons (Fsp3) is 0.667. The molecule has 0 heterocycles. The van der Waals surface area contributed by atoms with E-state index in [1.165, 1.54) is 0 Å². The number of carbonyl (C=O) groups excluding carboxylic acids is 2. The van der Waals surface area contributed by atoms with Crippen molar-refractivity contribution in [3.63, 3.8) is 0 Å². The normalized spacial score (nSPS) is 20.9. The number of rotatable bonds is 5. The summed E-state index contributed by atoms with van der Waals surface area (Å²) >= 11 is 0. The van der Waals surface area contributed by atoms with Crippen LogP contribution in [0.2, 0.25) is 0 Å². The van der Waals surface area contributed by atoms with Crippen LogP contribution in [0, 0.1) is 5.92 Å². The van der Waals surface area contributed by atoms with Crippen LogP contribution >= 0.6 is 0 Å². The Labute approximate surface area is 125 Å². The van der Waals surface area contributed by atoms with E-state index in [1.807, 2.05) is 26.8 Å². The van der Waals surface area contributed by atoms with Gasteiger partial charge in [-0.05, 0) is 52.0 Å². The fourth-order valence-electron chi connectivity index (χ4n) is 2.43. The number of hydrogen-bond acceptors (Lipinski definition) is 5. The van der Waals surface area contributed by atoms with Crippen molar-refractivity contribution in [2.75, 3.05) is 6.61 Å². The molecule has 0 saturated carbocycles. The minimum atomic E-state index is -0.525. The van der Waals surface area contributed by atoms with E-state index in [-0.39, 0.29) is 24.9 Å². The Morgan fingerprint density at radius 2 is 2.19 bits per heavy atom. The van der Waals surface area contributed by atoms with Gasteiger partial charge in [-0.25, -0.2) is 0 Å². The number of nitrogens with one attached hydrogen (secondary N) is 1. The lowest BCUT2D eigenvalue weighted by molar-refractivity contribution is -0.146. The second-order valence-corrected chi connectivity index (χ2v) is 5.82. The van der Waals surface area contributed by atoms with Gasteiger partial charge in [0.15, 0.2) is 0 Å². The molecule has 0 aromatic carbocycles. The van der Waals surface area contributed by atoms with Gasteiger partial charge in [0.05, 0.1) is 12.3 Å². The molecule has 0 spiro atoms. The molecule has 0 aromatic rings. The van der Waals surface area contributed by atoms with E-state index in [9.17, 15) is 9.59 Å². The van der Waals surface area contributed by atoms with Crippen LogP contribution in [-0.4, -0.2) is 34.9 Å². The predicted octanol–water partition coefficient (Wildman–Crippen LogP) is 2.02. The molecule has 118 valence electrons. The number of hydrogen-bond donors (Lipinski definition) is 2. The standard InChI is InChI=1S/C15H24N2O4/c1-5-21-14(19)9-13(18)16-15(3,4)11-7-6-10(2)12(8-11)17-20/h6,11,20H,5,7-9H2,1-4H3,(H,16,18). The van der Waals surface area contributed by atoms with Crippen LogP contribution in [0.3, 0.4) is 0 Å². The number of amides is 1. The van der Waals surface area contributed by atoms with Crippen LogP contribution in [0.25, 0.3) is 0 Å². The van der Waals surface area contributed by atoms with Crippen molar-refractivity contribution in [1.29, 1.82) is 0 Å². The maximum atomic E-state index is 11.9. The third-order valence-electron chi connectivity index (χ3n) is 3.82. The SMILES string of the molecule is CCOC(=O)CC(=O)NC(C)(C)C1CC=C(C)C(=NO)C1. The molecule has 0 radical (unpaired) electrons. The fourth-order valence-corrected chi connectivity index (χ4v) is 2.43. The largest absolute Gasteiger partial charge is 0.466 e. The number of allylic oxidation sites excluding steroid dienone is 2. The third-order valence-corrected chi connectivity index (χ3v) is 3.82. The predicted molar refractivity (Wildman–Crippen MR) is 79.2 cm³/mol. The number of esters is 1. The Kier molecular flexibility index (Phi) is 5.93. The van der Waals surface area contributed by atoms with Crippen molar-refractivity contribution >= 4 is 17.6 Å². The van der Waals surface area contributed by atoms with Gasteiger partial charge in [-0.2, -0.15) is 0 Å². The average molecular weight is 296 g/mol. The summed E-state index contributed by atoms with van der Waals surface area (Å²) in [6, 6.07) is 0. The molecule has 0 aromatic heterocycles. The van der Waals surface area contributed by atoms with Gasteiger partial charge in [0.1, 0.15) is 6.42 Å². The van der Waals surface area contributed by atoms with Crippen molar-refractivity contribution in [3.8, 4) is 0 Å². The van der Waals surface area contributed by atoms with Crippen LogP contribution < -0.4 is 5.32 Å². The molecular weight excluding hydrogens is 272 g/mol. The Morgan fingerprint density at radius 3 is 2.76 bits per heavy atom. The first-order chi connectivity index (χ1) is 9.80. The molecule has 21 heavy (non-hydrogen) atoms. The number of nitrogens with zero attached hydrogens (tertiary/aromatic N) is 1. The first-order valence-corrected chi connectivity index (χ1v) is 7.14. The minimum absolute atomic E-state index is 0.109. The van der Waals surface area contributed by atoms with Gasteiger partial charge in [0, 0.05) is 5.54 Å². The highest BCUT2D eigenvalue weighted by Crippen LogP contribution is 2.30. The molecule has 0 fully saturated rings. The second kappa shape index (κ2) is 7.24. The van der Waals surface area contributed by atoms with Gasteiger partial charge in [0.25, 0.3) is 0 Å². The molecule has 0 bridgehead atoms. The summed E-state index contributed by atoms with van der Waals surface area (Å²) in [4.78, 5) is 23.2. The Hall–Kier alpha value is -1.85. The molecule has 0 saturated heterocycles. The maximum Gasteiger partial charge on any atom is 0.315 e. The minimum Gasteiger partial charge on any atom is -0.466 e. The van der Waals surface area contributed by atoms with Crippen LogP contribution in [-0.2, 0) is 14.3 Å². The zero-order valence-electron chi connectivity index (χ0n) is 13.1.